The summed E-state index contributed by atoms with van der Waals surface area (Å²) in [6.45, 7) is 0.966. The van der Waals surface area contributed by atoms with Gasteiger partial charge in [-0.1, -0.05) is 12.1 Å². The van der Waals surface area contributed by atoms with Gasteiger partial charge in [0.25, 0.3) is 0 Å². The molecule has 158 valence electrons. The number of aliphatic hydroxyl groups is 2. The molecule has 0 unspecified atom stereocenters. The number of benzene rings is 1. The smallest absolute Gasteiger partial charge is 0.339 e. The first-order valence-corrected chi connectivity index (χ1v) is 11.8. The Bertz CT molecular complexity index is 518. The number of ether oxygens (including phenoxy) is 2. The second-order valence-corrected chi connectivity index (χ2v) is 8.35. The van der Waals surface area contributed by atoms with E-state index in [2.05, 4.69) is 0 Å². The normalized spacial score (nSPS) is 10.6. The molecule has 0 aromatic heterocycles. The minimum absolute atomic E-state index is 0.192. The number of hydrogen-bond donors (Lipinski definition) is 2. The Hall–Kier alpha value is -1.22. The molecule has 0 fully saturated rings. The van der Waals surface area contributed by atoms with Gasteiger partial charge in [-0.05, 0) is 60.8 Å². The van der Waals surface area contributed by atoms with Gasteiger partial charge in [-0.15, -0.1) is 0 Å². The lowest BCUT2D eigenvalue weighted by molar-refractivity contribution is 0.0459. The van der Waals surface area contributed by atoms with Crippen molar-refractivity contribution in [3.05, 3.63) is 35.4 Å². The van der Waals surface area contributed by atoms with E-state index in [1.165, 1.54) is 0 Å². The lowest BCUT2D eigenvalue weighted by Gasteiger charge is -2.10. The van der Waals surface area contributed by atoms with E-state index in [1.807, 2.05) is 0 Å². The molecule has 8 heteroatoms. The van der Waals surface area contributed by atoms with Crippen LogP contribution in [0, 0.1) is 0 Å². The number of hydrogen-bond acceptors (Lipinski definition) is 8. The van der Waals surface area contributed by atoms with Crippen molar-refractivity contribution in [3.8, 4) is 0 Å². The molecule has 6 nitrogen and oxygen atoms in total. The average Bonchev–Trinajstić information content (AvgIpc) is 2.72. The molecular formula is C20H30O6S2. The highest BCUT2D eigenvalue weighted by Crippen LogP contribution is 2.13. The van der Waals surface area contributed by atoms with Crippen molar-refractivity contribution in [2.45, 2.75) is 25.7 Å². The predicted octanol–water partition coefficient (Wildman–Crippen LogP) is 3.01. The van der Waals surface area contributed by atoms with Gasteiger partial charge in [0.1, 0.15) is 0 Å². The van der Waals surface area contributed by atoms with Crippen LogP contribution in [0.3, 0.4) is 0 Å². The second-order valence-electron chi connectivity index (χ2n) is 5.90. The molecule has 0 radical (unpaired) electrons. The second kappa shape index (κ2) is 16.7. The molecule has 0 bridgehead atoms. The molecule has 0 aliphatic heterocycles. The summed E-state index contributed by atoms with van der Waals surface area (Å²) in [5.74, 6) is 2.44. The third-order valence-electron chi connectivity index (χ3n) is 3.59. The number of thioether (sulfide) groups is 2. The molecule has 1 rings (SSSR count). The molecule has 0 atom stereocenters. The van der Waals surface area contributed by atoms with Crippen molar-refractivity contribution < 1.29 is 29.3 Å². The highest BCUT2D eigenvalue weighted by Gasteiger charge is 2.18. The molecule has 0 amide bonds. The van der Waals surface area contributed by atoms with Gasteiger partial charge >= 0.3 is 11.9 Å². The number of aliphatic hydroxyl groups excluding tert-OH is 2. The van der Waals surface area contributed by atoms with Gasteiger partial charge in [0.2, 0.25) is 0 Å². The average molecular weight is 431 g/mol. The lowest BCUT2D eigenvalue weighted by atomic mass is 10.1. The van der Waals surface area contributed by atoms with Crippen LogP contribution in [0.25, 0.3) is 0 Å². The van der Waals surface area contributed by atoms with Crippen molar-refractivity contribution in [3.63, 3.8) is 0 Å². The monoisotopic (exact) mass is 430 g/mol. The fourth-order valence-electron chi connectivity index (χ4n) is 2.18. The molecule has 0 aliphatic carbocycles. The summed E-state index contributed by atoms with van der Waals surface area (Å²) >= 11 is 3.42. The van der Waals surface area contributed by atoms with Crippen molar-refractivity contribution in [2.75, 3.05) is 49.4 Å². The van der Waals surface area contributed by atoms with Crippen LogP contribution < -0.4 is 0 Å². The van der Waals surface area contributed by atoms with Gasteiger partial charge in [-0.2, -0.15) is 23.5 Å². The van der Waals surface area contributed by atoms with Gasteiger partial charge in [-0.3, -0.25) is 0 Å². The maximum Gasteiger partial charge on any atom is 0.339 e. The predicted molar refractivity (Wildman–Crippen MR) is 114 cm³/mol. The minimum atomic E-state index is -0.521. The molecule has 0 heterocycles. The molecule has 0 spiro atoms. The zero-order valence-corrected chi connectivity index (χ0v) is 17.8. The van der Waals surface area contributed by atoms with E-state index < -0.39 is 11.9 Å². The largest absolute Gasteiger partial charge is 0.462 e. The van der Waals surface area contributed by atoms with Gasteiger partial charge in [-0.25, -0.2) is 9.59 Å². The van der Waals surface area contributed by atoms with Gasteiger partial charge in [0, 0.05) is 13.2 Å². The summed E-state index contributed by atoms with van der Waals surface area (Å²) in [6.07, 6.45) is 2.98. The Labute approximate surface area is 175 Å². The van der Waals surface area contributed by atoms with Gasteiger partial charge in [0.15, 0.2) is 0 Å². The molecule has 0 aliphatic rings. The summed E-state index contributed by atoms with van der Waals surface area (Å²) in [7, 11) is 0. The Balaban J connectivity index is 2.35. The first-order valence-electron chi connectivity index (χ1n) is 9.51. The number of carbonyl (C=O) groups excluding carboxylic acids is 2. The Morgan fingerprint density at radius 1 is 0.714 bits per heavy atom. The van der Waals surface area contributed by atoms with E-state index >= 15 is 0 Å². The van der Waals surface area contributed by atoms with Gasteiger partial charge < -0.3 is 19.7 Å². The maximum absolute atomic E-state index is 12.3. The molecule has 28 heavy (non-hydrogen) atoms. The summed E-state index contributed by atoms with van der Waals surface area (Å²) < 4.78 is 10.5. The van der Waals surface area contributed by atoms with E-state index in [9.17, 15) is 9.59 Å². The molecule has 1 aromatic rings. The standard InChI is InChI=1S/C20H30O6S2/c21-9-3-13-27-15-5-11-25-19(23)17-7-1-2-8-18(17)20(24)26-12-6-16-28-14-4-10-22/h1-2,7-8,21-22H,3-6,9-16H2. The molecular weight excluding hydrogens is 400 g/mol. The first kappa shape index (κ1) is 24.8. The van der Waals surface area contributed by atoms with Crippen LogP contribution in [0.2, 0.25) is 0 Å². The zero-order chi connectivity index (χ0) is 20.5. The Morgan fingerprint density at radius 3 is 1.50 bits per heavy atom. The van der Waals surface area contributed by atoms with Crippen LogP contribution in [0.1, 0.15) is 46.4 Å². The number of rotatable bonds is 16. The highest BCUT2D eigenvalue weighted by molar-refractivity contribution is 7.99. The van der Waals surface area contributed by atoms with E-state index in [-0.39, 0.29) is 24.3 Å². The van der Waals surface area contributed by atoms with Crippen molar-refractivity contribution in [2.24, 2.45) is 0 Å². The van der Waals surface area contributed by atoms with E-state index in [0.717, 1.165) is 48.7 Å². The van der Waals surface area contributed by atoms with Crippen LogP contribution in [0.15, 0.2) is 24.3 Å². The summed E-state index contributed by atoms with van der Waals surface area (Å²) in [6, 6.07) is 6.52. The van der Waals surface area contributed by atoms with E-state index in [4.69, 9.17) is 19.7 Å². The fourth-order valence-corrected chi connectivity index (χ4v) is 3.90. The Kier molecular flexibility index (Phi) is 14.8. The summed E-state index contributed by atoms with van der Waals surface area (Å²) in [5, 5.41) is 17.4. The van der Waals surface area contributed by atoms with Crippen molar-refractivity contribution in [1.82, 2.24) is 0 Å². The van der Waals surface area contributed by atoms with Crippen LogP contribution in [-0.4, -0.2) is 71.6 Å². The summed E-state index contributed by atoms with van der Waals surface area (Å²) in [5.41, 5.74) is 0.440. The molecule has 1 aromatic carbocycles. The van der Waals surface area contributed by atoms with E-state index in [0.29, 0.717) is 13.2 Å². The highest BCUT2D eigenvalue weighted by atomic mass is 32.2. The molecule has 2 N–H and O–H groups in total. The van der Waals surface area contributed by atoms with E-state index in [1.54, 1.807) is 47.8 Å². The zero-order valence-electron chi connectivity index (χ0n) is 16.1. The Morgan fingerprint density at radius 2 is 1.11 bits per heavy atom. The lowest BCUT2D eigenvalue weighted by Crippen LogP contribution is -2.15. The SMILES string of the molecule is O=C(OCCCSCCCO)c1ccccc1C(=O)OCCCSCCCO. The fraction of sp³-hybridized carbons (Fsp3) is 0.600. The molecule has 0 saturated heterocycles. The first-order chi connectivity index (χ1) is 13.7. The topological polar surface area (TPSA) is 93.1 Å². The summed E-state index contributed by atoms with van der Waals surface area (Å²) in [4.78, 5) is 24.6. The van der Waals surface area contributed by atoms with Crippen LogP contribution in [-0.2, 0) is 9.47 Å². The van der Waals surface area contributed by atoms with Crippen molar-refractivity contribution >= 4 is 35.5 Å². The van der Waals surface area contributed by atoms with Crippen molar-refractivity contribution in [1.29, 1.82) is 0 Å². The minimum Gasteiger partial charge on any atom is -0.462 e. The quantitative estimate of drug-likeness (QED) is 0.305. The third-order valence-corrected chi connectivity index (χ3v) is 5.90. The third kappa shape index (κ3) is 10.9. The van der Waals surface area contributed by atoms with Gasteiger partial charge in [0.05, 0.1) is 24.3 Å². The van der Waals surface area contributed by atoms with Crippen LogP contribution in [0.5, 0.6) is 0 Å². The number of esters is 2. The molecule has 0 saturated carbocycles. The van der Waals surface area contributed by atoms with Crippen LogP contribution >= 0.6 is 23.5 Å². The maximum atomic E-state index is 12.3. The number of carbonyl (C=O) groups is 2. The van der Waals surface area contributed by atoms with Crippen LogP contribution in [0.4, 0.5) is 0 Å².